The third-order valence-electron chi connectivity index (χ3n) is 2.55. The van der Waals surface area contributed by atoms with Crippen LogP contribution < -0.4 is 11.1 Å². The molecule has 20 heavy (non-hydrogen) atoms. The predicted molar refractivity (Wildman–Crippen MR) is 68.0 cm³/mol. The van der Waals surface area contributed by atoms with Gasteiger partial charge in [0.05, 0.1) is 22.5 Å². The Hall–Kier alpha value is -2.57. The van der Waals surface area contributed by atoms with E-state index in [2.05, 4.69) is 10.3 Å². The van der Waals surface area contributed by atoms with Crippen LogP contribution >= 0.6 is 0 Å². The number of carbonyl (C=O) groups is 1. The van der Waals surface area contributed by atoms with Gasteiger partial charge in [-0.05, 0) is 30.3 Å². The van der Waals surface area contributed by atoms with Crippen molar-refractivity contribution in [3.8, 4) is 0 Å². The molecule has 0 fully saturated rings. The quantitative estimate of drug-likeness (QED) is 0.832. The Morgan fingerprint density at radius 3 is 2.55 bits per heavy atom. The van der Waals surface area contributed by atoms with E-state index in [0.717, 1.165) is 18.2 Å². The van der Waals surface area contributed by atoms with E-state index in [4.69, 9.17) is 5.73 Å². The largest absolute Gasteiger partial charge is 0.416 e. The Morgan fingerprint density at radius 2 is 2.00 bits per heavy atom. The Balaban J connectivity index is 2.21. The second-order valence-corrected chi connectivity index (χ2v) is 4.00. The average molecular weight is 281 g/mol. The number of nitrogens with zero attached hydrogens (tertiary/aromatic N) is 1. The molecule has 2 rings (SSSR count). The molecule has 1 aromatic carbocycles. The summed E-state index contributed by atoms with van der Waals surface area (Å²) >= 11 is 0. The van der Waals surface area contributed by atoms with Gasteiger partial charge in [0.1, 0.15) is 0 Å². The maximum absolute atomic E-state index is 12.5. The number of amides is 1. The highest BCUT2D eigenvalue weighted by Crippen LogP contribution is 2.32. The van der Waals surface area contributed by atoms with Crippen molar-refractivity contribution in [1.82, 2.24) is 4.98 Å². The number of nitrogens with two attached hydrogens (primary N) is 1. The number of alkyl halides is 3. The van der Waals surface area contributed by atoms with E-state index in [-0.39, 0.29) is 16.9 Å². The summed E-state index contributed by atoms with van der Waals surface area (Å²) in [6.07, 6.45) is -1.63. The van der Waals surface area contributed by atoms with Crippen LogP contribution in [0.3, 0.4) is 0 Å². The van der Waals surface area contributed by atoms with Crippen LogP contribution in [0, 0.1) is 0 Å². The number of nitrogen functional groups attached to an aromatic ring is 1. The van der Waals surface area contributed by atoms with Gasteiger partial charge in [0, 0.05) is 12.4 Å². The molecule has 0 atom stereocenters. The first-order valence-corrected chi connectivity index (χ1v) is 5.56. The minimum atomic E-state index is -4.47. The molecule has 0 saturated carbocycles. The van der Waals surface area contributed by atoms with E-state index in [1.165, 1.54) is 18.5 Å². The number of nitrogens with one attached hydrogen (secondary N) is 1. The molecule has 0 aliphatic rings. The first-order chi connectivity index (χ1) is 9.38. The molecule has 0 spiro atoms. The number of rotatable bonds is 2. The van der Waals surface area contributed by atoms with E-state index in [0.29, 0.717) is 0 Å². The minimum absolute atomic E-state index is 0.117. The lowest BCUT2D eigenvalue weighted by Crippen LogP contribution is -2.14. The molecule has 104 valence electrons. The van der Waals surface area contributed by atoms with Crippen LogP contribution in [-0.2, 0) is 6.18 Å². The van der Waals surface area contributed by atoms with E-state index in [1.54, 1.807) is 6.07 Å². The third-order valence-corrected chi connectivity index (χ3v) is 2.55. The topological polar surface area (TPSA) is 68.0 Å². The zero-order chi connectivity index (χ0) is 14.8. The summed E-state index contributed by atoms with van der Waals surface area (Å²) in [4.78, 5) is 15.6. The van der Waals surface area contributed by atoms with Gasteiger partial charge in [-0.1, -0.05) is 0 Å². The van der Waals surface area contributed by atoms with E-state index < -0.39 is 17.6 Å². The van der Waals surface area contributed by atoms with Crippen LogP contribution in [0.1, 0.15) is 15.9 Å². The maximum atomic E-state index is 12.5. The SMILES string of the molecule is Nc1cc(C(F)(F)F)ccc1NC(=O)c1cccnc1. The monoisotopic (exact) mass is 281 g/mol. The van der Waals surface area contributed by atoms with Crippen molar-refractivity contribution < 1.29 is 18.0 Å². The number of halogens is 3. The summed E-state index contributed by atoms with van der Waals surface area (Å²) in [5.41, 5.74) is 4.89. The van der Waals surface area contributed by atoms with E-state index >= 15 is 0 Å². The second kappa shape index (κ2) is 5.20. The fourth-order valence-corrected chi connectivity index (χ4v) is 1.54. The van der Waals surface area contributed by atoms with Crippen LogP contribution in [0.4, 0.5) is 24.5 Å². The second-order valence-electron chi connectivity index (χ2n) is 4.00. The Labute approximate surface area is 112 Å². The van der Waals surface area contributed by atoms with E-state index in [9.17, 15) is 18.0 Å². The normalized spacial score (nSPS) is 11.2. The molecule has 1 heterocycles. The van der Waals surface area contributed by atoms with Gasteiger partial charge in [0.25, 0.3) is 5.91 Å². The molecule has 1 aromatic heterocycles. The summed E-state index contributed by atoms with van der Waals surface area (Å²) in [7, 11) is 0. The van der Waals surface area contributed by atoms with Gasteiger partial charge in [-0.2, -0.15) is 13.2 Å². The summed E-state index contributed by atoms with van der Waals surface area (Å²) in [5, 5.41) is 2.43. The number of hydrogen-bond acceptors (Lipinski definition) is 3. The van der Waals surface area contributed by atoms with Gasteiger partial charge in [0.15, 0.2) is 0 Å². The lowest BCUT2D eigenvalue weighted by Gasteiger charge is -2.11. The predicted octanol–water partition coefficient (Wildman–Crippen LogP) is 2.93. The summed E-state index contributed by atoms with van der Waals surface area (Å²) in [6.45, 7) is 0. The van der Waals surface area contributed by atoms with Crippen molar-refractivity contribution >= 4 is 17.3 Å². The highest BCUT2D eigenvalue weighted by Gasteiger charge is 2.30. The average Bonchev–Trinajstić information content (AvgIpc) is 2.41. The van der Waals surface area contributed by atoms with Gasteiger partial charge in [-0.3, -0.25) is 9.78 Å². The van der Waals surface area contributed by atoms with Gasteiger partial charge >= 0.3 is 6.18 Å². The zero-order valence-electron chi connectivity index (χ0n) is 10.1. The smallest absolute Gasteiger partial charge is 0.397 e. The van der Waals surface area contributed by atoms with Crippen molar-refractivity contribution in [2.24, 2.45) is 0 Å². The molecule has 0 aliphatic heterocycles. The van der Waals surface area contributed by atoms with Crippen LogP contribution in [0.5, 0.6) is 0 Å². The van der Waals surface area contributed by atoms with Gasteiger partial charge in [-0.25, -0.2) is 0 Å². The lowest BCUT2D eigenvalue weighted by molar-refractivity contribution is -0.137. The van der Waals surface area contributed by atoms with Gasteiger partial charge in [0.2, 0.25) is 0 Å². The number of pyridine rings is 1. The molecule has 7 heteroatoms. The number of anilines is 2. The highest BCUT2D eigenvalue weighted by atomic mass is 19.4. The first kappa shape index (κ1) is 13.9. The maximum Gasteiger partial charge on any atom is 0.416 e. The van der Waals surface area contributed by atoms with Crippen molar-refractivity contribution in [2.45, 2.75) is 6.18 Å². The van der Waals surface area contributed by atoms with Crippen LogP contribution in [0.2, 0.25) is 0 Å². The van der Waals surface area contributed by atoms with Crippen molar-refractivity contribution in [2.75, 3.05) is 11.1 Å². The van der Waals surface area contributed by atoms with Crippen molar-refractivity contribution in [3.05, 3.63) is 53.9 Å². The molecule has 3 N–H and O–H groups in total. The molecule has 0 bridgehead atoms. The summed E-state index contributed by atoms with van der Waals surface area (Å²) < 4.78 is 37.4. The zero-order valence-corrected chi connectivity index (χ0v) is 10.1. The molecule has 0 radical (unpaired) electrons. The molecule has 1 amide bonds. The van der Waals surface area contributed by atoms with Crippen molar-refractivity contribution in [1.29, 1.82) is 0 Å². The molecular weight excluding hydrogens is 271 g/mol. The molecule has 2 aromatic rings. The number of carbonyl (C=O) groups excluding carboxylic acids is 1. The summed E-state index contributed by atoms with van der Waals surface area (Å²) in [5.74, 6) is -0.496. The molecule has 4 nitrogen and oxygen atoms in total. The minimum Gasteiger partial charge on any atom is -0.397 e. The molecule has 0 saturated heterocycles. The summed E-state index contributed by atoms with van der Waals surface area (Å²) in [6, 6.07) is 5.86. The van der Waals surface area contributed by atoms with Crippen LogP contribution in [0.15, 0.2) is 42.7 Å². The lowest BCUT2D eigenvalue weighted by atomic mass is 10.1. The van der Waals surface area contributed by atoms with Crippen LogP contribution in [0.25, 0.3) is 0 Å². The molecular formula is C13H10F3N3O. The third kappa shape index (κ3) is 3.05. The standard InChI is InChI=1S/C13H10F3N3O/c14-13(15,16)9-3-4-11(10(17)6-9)19-12(20)8-2-1-5-18-7-8/h1-7H,17H2,(H,19,20). The Morgan fingerprint density at radius 1 is 1.25 bits per heavy atom. The van der Waals surface area contributed by atoms with Crippen molar-refractivity contribution in [3.63, 3.8) is 0 Å². The highest BCUT2D eigenvalue weighted by molar-refractivity contribution is 6.05. The van der Waals surface area contributed by atoms with E-state index in [1.807, 2.05) is 0 Å². The molecule has 0 unspecified atom stereocenters. The van der Waals surface area contributed by atoms with Crippen LogP contribution in [-0.4, -0.2) is 10.9 Å². The van der Waals surface area contributed by atoms with Gasteiger partial charge < -0.3 is 11.1 Å². The van der Waals surface area contributed by atoms with Gasteiger partial charge in [-0.15, -0.1) is 0 Å². The fourth-order valence-electron chi connectivity index (χ4n) is 1.54. The number of hydrogen-bond donors (Lipinski definition) is 2. The number of benzene rings is 1. The molecule has 0 aliphatic carbocycles. The fraction of sp³-hybridized carbons (Fsp3) is 0.0769. The number of aromatic nitrogens is 1. The Kier molecular flexibility index (Phi) is 3.60. The first-order valence-electron chi connectivity index (χ1n) is 5.56. The Bertz CT molecular complexity index is 627.